The Balaban J connectivity index is 1.32. The molecule has 1 fully saturated rings. The Labute approximate surface area is 169 Å². The van der Waals surface area contributed by atoms with Crippen molar-refractivity contribution >= 4 is 11.8 Å². The minimum absolute atomic E-state index is 0.0414. The summed E-state index contributed by atoms with van der Waals surface area (Å²) >= 11 is 0. The summed E-state index contributed by atoms with van der Waals surface area (Å²) in [5, 5.41) is 7.17. The first-order valence-electron chi connectivity index (χ1n) is 9.74. The molecule has 0 bridgehead atoms. The lowest BCUT2D eigenvalue weighted by molar-refractivity contribution is -0.129. The Morgan fingerprint density at radius 3 is 2.76 bits per heavy atom. The van der Waals surface area contributed by atoms with E-state index in [4.69, 9.17) is 0 Å². The molecule has 1 atom stereocenters. The van der Waals surface area contributed by atoms with Gasteiger partial charge in [-0.1, -0.05) is 36.4 Å². The van der Waals surface area contributed by atoms with Crippen molar-refractivity contribution in [3.8, 4) is 5.82 Å². The first kappa shape index (κ1) is 18.9. The highest BCUT2D eigenvalue weighted by molar-refractivity contribution is 5.89. The SMILES string of the molecule is O=C(NCc1cccnc1-n1cccn1)C1CC(=O)N(CCc2ccccc2)C1. The summed E-state index contributed by atoms with van der Waals surface area (Å²) in [6.45, 7) is 1.45. The molecular formula is C22H23N5O2. The summed E-state index contributed by atoms with van der Waals surface area (Å²) in [6.07, 6.45) is 6.26. The highest BCUT2D eigenvalue weighted by Crippen LogP contribution is 2.19. The van der Waals surface area contributed by atoms with Gasteiger partial charge in [0.05, 0.1) is 5.92 Å². The van der Waals surface area contributed by atoms with Gasteiger partial charge in [0, 0.05) is 50.2 Å². The van der Waals surface area contributed by atoms with E-state index in [0.29, 0.717) is 25.5 Å². The van der Waals surface area contributed by atoms with Gasteiger partial charge in [-0.15, -0.1) is 0 Å². The smallest absolute Gasteiger partial charge is 0.225 e. The number of nitrogens with one attached hydrogen (secondary N) is 1. The van der Waals surface area contributed by atoms with E-state index in [0.717, 1.165) is 12.0 Å². The monoisotopic (exact) mass is 389 g/mol. The highest BCUT2D eigenvalue weighted by Gasteiger charge is 2.33. The lowest BCUT2D eigenvalue weighted by Crippen LogP contribution is -2.33. The average molecular weight is 389 g/mol. The predicted octanol–water partition coefficient (Wildman–Crippen LogP) is 1.97. The molecule has 1 aliphatic heterocycles. The predicted molar refractivity (Wildman–Crippen MR) is 108 cm³/mol. The van der Waals surface area contributed by atoms with Crippen molar-refractivity contribution in [2.24, 2.45) is 5.92 Å². The van der Waals surface area contributed by atoms with Crippen LogP contribution in [0.3, 0.4) is 0 Å². The fraction of sp³-hybridized carbons (Fsp3) is 0.273. The normalized spacial score (nSPS) is 16.2. The van der Waals surface area contributed by atoms with E-state index in [1.165, 1.54) is 5.56 Å². The average Bonchev–Trinajstić information content (AvgIpc) is 3.41. The summed E-state index contributed by atoms with van der Waals surface area (Å²) in [5.74, 6) is 0.309. The van der Waals surface area contributed by atoms with Gasteiger partial charge in [0.15, 0.2) is 5.82 Å². The largest absolute Gasteiger partial charge is 0.352 e. The van der Waals surface area contributed by atoms with Crippen LogP contribution < -0.4 is 5.32 Å². The quantitative estimate of drug-likeness (QED) is 0.670. The van der Waals surface area contributed by atoms with Crippen molar-refractivity contribution in [3.63, 3.8) is 0 Å². The van der Waals surface area contributed by atoms with E-state index < -0.39 is 0 Å². The van der Waals surface area contributed by atoms with Crippen molar-refractivity contribution in [3.05, 3.63) is 78.2 Å². The van der Waals surface area contributed by atoms with E-state index >= 15 is 0 Å². The molecule has 1 saturated heterocycles. The van der Waals surface area contributed by atoms with Crippen LogP contribution in [0.25, 0.3) is 5.82 Å². The molecule has 0 radical (unpaired) electrons. The van der Waals surface area contributed by atoms with Gasteiger partial charge in [-0.05, 0) is 24.1 Å². The van der Waals surface area contributed by atoms with E-state index in [2.05, 4.69) is 27.5 Å². The van der Waals surface area contributed by atoms with E-state index in [9.17, 15) is 9.59 Å². The number of carbonyl (C=O) groups excluding carboxylic acids is 2. The van der Waals surface area contributed by atoms with Crippen LogP contribution in [0, 0.1) is 5.92 Å². The molecule has 3 aromatic rings. The van der Waals surface area contributed by atoms with Crippen molar-refractivity contribution in [1.29, 1.82) is 0 Å². The molecule has 0 saturated carbocycles. The lowest BCUT2D eigenvalue weighted by Gasteiger charge is -2.17. The molecule has 4 rings (SSSR count). The second kappa shape index (κ2) is 8.68. The highest BCUT2D eigenvalue weighted by atomic mass is 16.2. The van der Waals surface area contributed by atoms with Crippen molar-refractivity contribution < 1.29 is 9.59 Å². The molecule has 29 heavy (non-hydrogen) atoms. The van der Waals surface area contributed by atoms with Crippen LogP contribution in [0.5, 0.6) is 0 Å². The molecule has 2 amide bonds. The summed E-state index contributed by atoms with van der Waals surface area (Å²) in [4.78, 5) is 31.1. The topological polar surface area (TPSA) is 80.1 Å². The maximum atomic E-state index is 12.6. The van der Waals surface area contributed by atoms with E-state index in [1.807, 2.05) is 42.6 Å². The molecule has 1 aromatic carbocycles. The Bertz CT molecular complexity index is 972. The molecular weight excluding hydrogens is 366 g/mol. The molecule has 3 heterocycles. The summed E-state index contributed by atoms with van der Waals surface area (Å²) in [5.41, 5.74) is 2.06. The number of amides is 2. The molecule has 0 spiro atoms. The number of pyridine rings is 1. The number of nitrogens with zero attached hydrogens (tertiary/aromatic N) is 4. The second-order valence-electron chi connectivity index (χ2n) is 7.13. The molecule has 7 heteroatoms. The number of hydrogen-bond donors (Lipinski definition) is 1. The van der Waals surface area contributed by atoms with Gasteiger partial charge in [-0.2, -0.15) is 5.10 Å². The first-order chi connectivity index (χ1) is 14.2. The Morgan fingerprint density at radius 1 is 1.10 bits per heavy atom. The summed E-state index contributed by atoms with van der Waals surface area (Å²) < 4.78 is 1.67. The van der Waals surface area contributed by atoms with Gasteiger partial charge in [-0.25, -0.2) is 9.67 Å². The fourth-order valence-corrected chi connectivity index (χ4v) is 3.57. The zero-order valence-electron chi connectivity index (χ0n) is 16.1. The van der Waals surface area contributed by atoms with Crippen LogP contribution in [0.2, 0.25) is 0 Å². The van der Waals surface area contributed by atoms with E-state index in [-0.39, 0.29) is 24.2 Å². The lowest BCUT2D eigenvalue weighted by atomic mass is 10.1. The number of aromatic nitrogens is 3. The zero-order valence-corrected chi connectivity index (χ0v) is 16.1. The Hall–Kier alpha value is -3.48. The third-order valence-corrected chi connectivity index (χ3v) is 5.14. The third kappa shape index (κ3) is 4.51. The van der Waals surface area contributed by atoms with Crippen LogP contribution in [-0.4, -0.2) is 44.6 Å². The number of rotatable bonds is 7. The van der Waals surface area contributed by atoms with Crippen LogP contribution >= 0.6 is 0 Å². The molecule has 2 aromatic heterocycles. The number of benzene rings is 1. The maximum absolute atomic E-state index is 12.6. The van der Waals surface area contributed by atoms with Crippen LogP contribution in [0.1, 0.15) is 17.5 Å². The molecule has 1 aliphatic rings. The minimum Gasteiger partial charge on any atom is -0.352 e. The zero-order chi connectivity index (χ0) is 20.1. The second-order valence-corrected chi connectivity index (χ2v) is 7.13. The standard InChI is InChI=1S/C22H23N5O2/c28-20-14-19(16-26(20)13-9-17-6-2-1-3-7-17)22(29)24-15-18-8-4-10-23-21(18)27-12-5-11-25-27/h1-8,10-12,19H,9,13-16H2,(H,24,29). The van der Waals surface area contributed by atoms with Gasteiger partial charge in [0.25, 0.3) is 0 Å². The van der Waals surface area contributed by atoms with Crippen molar-refractivity contribution in [2.75, 3.05) is 13.1 Å². The van der Waals surface area contributed by atoms with Gasteiger partial charge in [-0.3, -0.25) is 9.59 Å². The fourth-order valence-electron chi connectivity index (χ4n) is 3.57. The molecule has 0 aliphatic carbocycles. The summed E-state index contributed by atoms with van der Waals surface area (Å²) in [7, 11) is 0. The summed E-state index contributed by atoms with van der Waals surface area (Å²) in [6, 6.07) is 15.6. The Kier molecular flexibility index (Phi) is 5.65. The number of carbonyl (C=O) groups is 2. The van der Waals surface area contributed by atoms with Crippen LogP contribution in [0.15, 0.2) is 67.1 Å². The number of hydrogen-bond acceptors (Lipinski definition) is 4. The molecule has 1 N–H and O–H groups in total. The minimum atomic E-state index is -0.317. The first-order valence-corrected chi connectivity index (χ1v) is 9.74. The third-order valence-electron chi connectivity index (χ3n) is 5.14. The van der Waals surface area contributed by atoms with Gasteiger partial charge in [0.1, 0.15) is 0 Å². The Morgan fingerprint density at radius 2 is 1.97 bits per heavy atom. The molecule has 7 nitrogen and oxygen atoms in total. The van der Waals surface area contributed by atoms with E-state index in [1.54, 1.807) is 22.0 Å². The molecule has 1 unspecified atom stereocenters. The number of likely N-dealkylation sites (tertiary alicyclic amines) is 1. The van der Waals surface area contributed by atoms with Crippen LogP contribution in [0.4, 0.5) is 0 Å². The van der Waals surface area contributed by atoms with Gasteiger partial charge >= 0.3 is 0 Å². The van der Waals surface area contributed by atoms with Crippen LogP contribution in [-0.2, 0) is 22.6 Å². The van der Waals surface area contributed by atoms with Crippen molar-refractivity contribution in [2.45, 2.75) is 19.4 Å². The maximum Gasteiger partial charge on any atom is 0.225 e. The van der Waals surface area contributed by atoms with Gasteiger partial charge < -0.3 is 10.2 Å². The van der Waals surface area contributed by atoms with Gasteiger partial charge in [0.2, 0.25) is 11.8 Å². The van der Waals surface area contributed by atoms with Crippen molar-refractivity contribution in [1.82, 2.24) is 25.0 Å². The molecule has 148 valence electrons.